The van der Waals surface area contributed by atoms with Crippen LogP contribution in [0.25, 0.3) is 0 Å². The molecule has 0 aromatic heterocycles. The molecule has 1 atom stereocenters. The molecule has 0 aliphatic carbocycles. The van der Waals surface area contributed by atoms with Crippen LogP contribution in [-0.4, -0.2) is 32.8 Å². The zero-order valence-electron chi connectivity index (χ0n) is 16.9. The molecule has 0 saturated heterocycles. The second-order valence-corrected chi connectivity index (χ2v) is 6.39. The average Bonchev–Trinajstić information content (AvgIpc) is 2.74. The Hall–Kier alpha value is -3.44. The van der Waals surface area contributed by atoms with Crippen molar-refractivity contribution < 1.29 is 32.9 Å². The smallest absolute Gasteiger partial charge is 0.311 e. The van der Waals surface area contributed by atoms with E-state index in [0.717, 1.165) is 12.1 Å². The number of rotatable bonds is 10. The molecule has 0 N–H and O–H groups in total. The molecular formula is C22H22FNO6. The van der Waals surface area contributed by atoms with Gasteiger partial charge in [-0.15, -0.1) is 0 Å². The number of methoxy groups -OCH3 is 2. The summed E-state index contributed by atoms with van der Waals surface area (Å²) in [6, 6.07) is 11.8. The largest absolute Gasteiger partial charge is 0.493 e. The zero-order valence-corrected chi connectivity index (χ0v) is 16.9. The molecule has 0 heterocycles. The van der Waals surface area contributed by atoms with Crippen molar-refractivity contribution in [1.29, 1.82) is 5.26 Å². The van der Waals surface area contributed by atoms with Gasteiger partial charge < -0.3 is 18.9 Å². The first kappa shape index (κ1) is 22.8. The van der Waals surface area contributed by atoms with Crippen molar-refractivity contribution >= 4 is 11.8 Å². The number of esters is 1. The molecule has 8 heteroatoms. The van der Waals surface area contributed by atoms with Crippen LogP contribution in [0.15, 0.2) is 42.5 Å². The first-order chi connectivity index (χ1) is 14.4. The highest BCUT2D eigenvalue weighted by Crippen LogP contribution is 2.41. The number of benzene rings is 2. The topological polar surface area (TPSA) is 94.9 Å². The van der Waals surface area contributed by atoms with E-state index in [1.165, 1.54) is 33.3 Å². The van der Waals surface area contributed by atoms with Gasteiger partial charge in [-0.2, -0.15) is 5.26 Å². The predicted molar refractivity (Wildman–Crippen MR) is 105 cm³/mol. The summed E-state index contributed by atoms with van der Waals surface area (Å²) in [7, 11) is 2.86. The van der Waals surface area contributed by atoms with E-state index in [2.05, 4.69) is 0 Å². The number of ether oxygens (including phenoxy) is 4. The Morgan fingerprint density at radius 2 is 1.83 bits per heavy atom. The Labute approximate surface area is 173 Å². The molecule has 7 nitrogen and oxygen atoms in total. The molecule has 158 valence electrons. The van der Waals surface area contributed by atoms with Gasteiger partial charge in [0.05, 0.1) is 13.2 Å². The van der Waals surface area contributed by atoms with Gasteiger partial charge in [-0.05, 0) is 43.7 Å². The van der Waals surface area contributed by atoms with Crippen LogP contribution < -0.4 is 14.2 Å². The van der Waals surface area contributed by atoms with Gasteiger partial charge in [0, 0.05) is 19.1 Å². The van der Waals surface area contributed by atoms with E-state index < -0.39 is 23.0 Å². The fourth-order valence-electron chi connectivity index (χ4n) is 2.95. The highest BCUT2D eigenvalue weighted by molar-refractivity contribution is 5.93. The van der Waals surface area contributed by atoms with Crippen molar-refractivity contribution in [3.63, 3.8) is 0 Å². The van der Waals surface area contributed by atoms with Gasteiger partial charge in [0.1, 0.15) is 17.0 Å². The first-order valence-corrected chi connectivity index (χ1v) is 9.05. The van der Waals surface area contributed by atoms with Gasteiger partial charge in [0.2, 0.25) is 0 Å². The Balaban J connectivity index is 2.32. The number of hydrogen-bond donors (Lipinski definition) is 0. The van der Waals surface area contributed by atoms with Crippen molar-refractivity contribution in [1.82, 2.24) is 0 Å². The third-order valence-corrected chi connectivity index (χ3v) is 4.52. The molecule has 2 rings (SSSR count). The summed E-state index contributed by atoms with van der Waals surface area (Å²) in [6.07, 6.45) is -0.374. The molecule has 0 amide bonds. The van der Waals surface area contributed by atoms with Crippen molar-refractivity contribution in [2.75, 3.05) is 21.0 Å². The minimum Gasteiger partial charge on any atom is -0.493 e. The van der Waals surface area contributed by atoms with Crippen molar-refractivity contribution in [2.24, 2.45) is 0 Å². The lowest BCUT2D eigenvalue weighted by Gasteiger charge is -2.27. The lowest BCUT2D eigenvalue weighted by Crippen LogP contribution is -2.34. The number of nitrogens with zero attached hydrogens (tertiary/aromatic N) is 1. The highest BCUT2D eigenvalue weighted by Gasteiger charge is 2.41. The average molecular weight is 415 g/mol. The Morgan fingerprint density at radius 3 is 2.40 bits per heavy atom. The van der Waals surface area contributed by atoms with E-state index in [1.807, 2.05) is 6.07 Å². The van der Waals surface area contributed by atoms with E-state index in [-0.39, 0.29) is 36.7 Å². The summed E-state index contributed by atoms with van der Waals surface area (Å²) >= 11 is 0. The van der Waals surface area contributed by atoms with E-state index in [0.29, 0.717) is 5.75 Å². The first-order valence-electron chi connectivity index (χ1n) is 9.05. The summed E-state index contributed by atoms with van der Waals surface area (Å²) in [4.78, 5) is 24.9. The Bertz CT molecular complexity index is 938. The van der Waals surface area contributed by atoms with Gasteiger partial charge in [0.25, 0.3) is 0 Å². The molecule has 2 aromatic rings. The fraction of sp³-hybridized carbons (Fsp3) is 0.318. The maximum Gasteiger partial charge on any atom is 0.311 e. The van der Waals surface area contributed by atoms with E-state index in [1.54, 1.807) is 18.2 Å². The fourth-order valence-corrected chi connectivity index (χ4v) is 2.95. The second-order valence-electron chi connectivity index (χ2n) is 6.39. The lowest BCUT2D eigenvalue weighted by molar-refractivity contribution is -0.134. The van der Waals surface area contributed by atoms with Crippen LogP contribution in [0.2, 0.25) is 0 Å². The second kappa shape index (κ2) is 10.4. The van der Waals surface area contributed by atoms with Crippen LogP contribution in [0.4, 0.5) is 4.39 Å². The molecular weight excluding hydrogens is 393 g/mol. The standard InChI is InChI=1S/C22H22FNO6/c1-15(25)22(13-24,12-11-20(26)30-17-9-7-16(23)8-10-17)18-5-4-6-19(28-3)21(18)29-14-27-2/h4-10H,11-12,14H2,1-3H3. The normalized spacial score (nSPS) is 12.4. The number of para-hydroxylation sites is 1. The number of Topliss-reactive ketones (excluding diaryl/α,β-unsaturated/α-hetero) is 1. The minimum absolute atomic E-state index is 0.126. The monoisotopic (exact) mass is 415 g/mol. The molecule has 2 aromatic carbocycles. The van der Waals surface area contributed by atoms with Crippen LogP contribution in [0.5, 0.6) is 17.2 Å². The number of hydrogen-bond acceptors (Lipinski definition) is 7. The lowest BCUT2D eigenvalue weighted by atomic mass is 9.74. The molecule has 0 saturated carbocycles. The highest BCUT2D eigenvalue weighted by atomic mass is 19.1. The Kier molecular flexibility index (Phi) is 7.90. The van der Waals surface area contributed by atoms with E-state index >= 15 is 0 Å². The molecule has 0 bridgehead atoms. The number of carbonyl (C=O) groups excluding carboxylic acids is 2. The third kappa shape index (κ3) is 5.13. The molecule has 30 heavy (non-hydrogen) atoms. The summed E-state index contributed by atoms with van der Waals surface area (Å²) in [5.41, 5.74) is -1.40. The maximum absolute atomic E-state index is 13.0. The Morgan fingerprint density at radius 1 is 1.13 bits per heavy atom. The number of nitriles is 1. The van der Waals surface area contributed by atoms with Crippen LogP contribution in [-0.2, 0) is 19.7 Å². The number of halogens is 1. The van der Waals surface area contributed by atoms with Crippen molar-refractivity contribution in [3.8, 4) is 23.3 Å². The molecule has 0 aliphatic rings. The van der Waals surface area contributed by atoms with Gasteiger partial charge in [-0.1, -0.05) is 12.1 Å². The quantitative estimate of drug-likeness (QED) is 0.333. The summed E-state index contributed by atoms with van der Waals surface area (Å²) in [5.74, 6) is -0.918. The predicted octanol–water partition coefficient (Wildman–Crippen LogP) is 3.55. The van der Waals surface area contributed by atoms with Crippen LogP contribution >= 0.6 is 0 Å². The van der Waals surface area contributed by atoms with Crippen molar-refractivity contribution in [3.05, 3.63) is 53.8 Å². The SMILES string of the molecule is COCOc1c(OC)cccc1C(C#N)(CCC(=O)Oc1ccc(F)cc1)C(C)=O. The summed E-state index contributed by atoms with van der Waals surface area (Å²) in [6.45, 7) is 1.15. The molecule has 0 radical (unpaired) electrons. The number of ketones is 1. The molecule has 1 unspecified atom stereocenters. The van der Waals surface area contributed by atoms with Gasteiger partial charge in [-0.3, -0.25) is 9.59 Å². The van der Waals surface area contributed by atoms with E-state index in [4.69, 9.17) is 18.9 Å². The summed E-state index contributed by atoms with van der Waals surface area (Å²) < 4.78 is 34.0. The van der Waals surface area contributed by atoms with Crippen molar-refractivity contribution in [2.45, 2.75) is 25.2 Å². The van der Waals surface area contributed by atoms with Gasteiger partial charge in [0.15, 0.2) is 24.1 Å². The third-order valence-electron chi connectivity index (χ3n) is 4.52. The minimum atomic E-state index is -1.67. The van der Waals surface area contributed by atoms with Crippen LogP contribution in [0, 0.1) is 17.1 Å². The number of carbonyl (C=O) groups is 2. The van der Waals surface area contributed by atoms with Crippen LogP contribution in [0.3, 0.4) is 0 Å². The van der Waals surface area contributed by atoms with Gasteiger partial charge in [-0.25, -0.2) is 4.39 Å². The molecule has 0 aliphatic heterocycles. The molecule has 0 fully saturated rings. The zero-order chi connectivity index (χ0) is 22.1. The van der Waals surface area contributed by atoms with E-state index in [9.17, 15) is 19.2 Å². The molecule has 0 spiro atoms. The van der Waals surface area contributed by atoms with Crippen LogP contribution in [0.1, 0.15) is 25.3 Å². The van der Waals surface area contributed by atoms with Gasteiger partial charge >= 0.3 is 5.97 Å². The summed E-state index contributed by atoms with van der Waals surface area (Å²) in [5, 5.41) is 9.95. The maximum atomic E-state index is 13.0.